The van der Waals surface area contributed by atoms with Crippen LogP contribution in [0.3, 0.4) is 0 Å². The van der Waals surface area contributed by atoms with E-state index in [0.29, 0.717) is 22.1 Å². The van der Waals surface area contributed by atoms with Crippen LogP contribution in [0, 0.1) is 17.0 Å². The molecule has 0 radical (unpaired) electrons. The zero-order valence-electron chi connectivity index (χ0n) is 16.6. The molecule has 0 unspecified atom stereocenters. The van der Waals surface area contributed by atoms with Crippen LogP contribution in [0.4, 0.5) is 5.69 Å². The van der Waals surface area contributed by atoms with Gasteiger partial charge in [-0.25, -0.2) is 0 Å². The first-order valence-corrected chi connectivity index (χ1v) is 10.5. The molecular weight excluding hydrogens is 412 g/mol. The fraction of sp³-hybridized carbons (Fsp3) is 0.0870. The van der Waals surface area contributed by atoms with Crippen LogP contribution in [0.15, 0.2) is 84.0 Å². The van der Waals surface area contributed by atoms with E-state index in [4.69, 9.17) is 0 Å². The van der Waals surface area contributed by atoms with Gasteiger partial charge in [0.15, 0.2) is 16.8 Å². The van der Waals surface area contributed by atoms with E-state index in [1.807, 2.05) is 66.1 Å². The number of hydrogen-bond donors (Lipinski definition) is 0. The predicted molar refractivity (Wildman–Crippen MR) is 120 cm³/mol. The van der Waals surface area contributed by atoms with E-state index in [1.165, 1.54) is 23.9 Å². The molecule has 0 atom stereocenters. The lowest BCUT2D eigenvalue weighted by Gasteiger charge is -2.10. The van der Waals surface area contributed by atoms with Crippen LogP contribution in [-0.4, -0.2) is 31.2 Å². The summed E-state index contributed by atoms with van der Waals surface area (Å²) >= 11 is 1.30. The van der Waals surface area contributed by atoms with Crippen molar-refractivity contribution in [1.29, 1.82) is 0 Å². The number of hydrogen-bond acceptors (Lipinski definition) is 6. The molecule has 1 heterocycles. The topological polar surface area (TPSA) is 90.9 Å². The fourth-order valence-electron chi connectivity index (χ4n) is 3.05. The van der Waals surface area contributed by atoms with E-state index in [2.05, 4.69) is 10.2 Å². The van der Waals surface area contributed by atoms with Gasteiger partial charge in [0.05, 0.1) is 10.7 Å². The number of non-ortho nitro benzene ring substituents is 1. The highest BCUT2D eigenvalue weighted by atomic mass is 32.2. The van der Waals surface area contributed by atoms with Crippen molar-refractivity contribution >= 4 is 23.2 Å². The summed E-state index contributed by atoms with van der Waals surface area (Å²) in [7, 11) is 0. The van der Waals surface area contributed by atoms with Crippen molar-refractivity contribution in [3.05, 3.63) is 100 Å². The van der Waals surface area contributed by atoms with Gasteiger partial charge in [0.2, 0.25) is 0 Å². The van der Waals surface area contributed by atoms with Gasteiger partial charge >= 0.3 is 0 Å². The van der Waals surface area contributed by atoms with Crippen molar-refractivity contribution in [2.24, 2.45) is 0 Å². The summed E-state index contributed by atoms with van der Waals surface area (Å²) < 4.78 is 1.86. The molecule has 4 rings (SSSR count). The Balaban J connectivity index is 1.66. The molecule has 154 valence electrons. The second kappa shape index (κ2) is 8.93. The third-order valence-corrected chi connectivity index (χ3v) is 5.62. The molecule has 0 spiro atoms. The summed E-state index contributed by atoms with van der Waals surface area (Å²) in [5.41, 5.74) is 3.29. The molecule has 0 bridgehead atoms. The number of ketones is 1. The minimum absolute atomic E-state index is 0.00416. The molecular formula is C23H18N4O3S. The lowest BCUT2D eigenvalue weighted by molar-refractivity contribution is -0.384. The number of para-hydroxylation sites is 1. The van der Waals surface area contributed by atoms with Gasteiger partial charge in [-0.1, -0.05) is 59.8 Å². The van der Waals surface area contributed by atoms with Crippen molar-refractivity contribution in [3.8, 4) is 17.1 Å². The molecule has 3 aromatic carbocycles. The van der Waals surface area contributed by atoms with Gasteiger partial charge in [0.25, 0.3) is 5.69 Å². The minimum atomic E-state index is -0.441. The maximum Gasteiger partial charge on any atom is 0.269 e. The molecule has 0 aliphatic heterocycles. The zero-order chi connectivity index (χ0) is 21.8. The zero-order valence-corrected chi connectivity index (χ0v) is 17.5. The number of rotatable bonds is 7. The van der Waals surface area contributed by atoms with Gasteiger partial charge in [-0.2, -0.15) is 0 Å². The number of aryl methyl sites for hydroxylation is 1. The van der Waals surface area contributed by atoms with Gasteiger partial charge < -0.3 is 0 Å². The smallest absolute Gasteiger partial charge is 0.269 e. The number of aromatic nitrogens is 3. The van der Waals surface area contributed by atoms with Crippen LogP contribution in [0.5, 0.6) is 0 Å². The van der Waals surface area contributed by atoms with E-state index in [9.17, 15) is 14.9 Å². The number of benzene rings is 3. The van der Waals surface area contributed by atoms with E-state index < -0.39 is 4.92 Å². The Hall–Kier alpha value is -3.78. The van der Waals surface area contributed by atoms with Crippen molar-refractivity contribution in [3.63, 3.8) is 0 Å². The number of nitro groups is 1. The van der Waals surface area contributed by atoms with E-state index in [1.54, 1.807) is 12.1 Å². The minimum Gasteiger partial charge on any atom is -0.293 e. The lowest BCUT2D eigenvalue weighted by atomic mass is 10.1. The molecule has 31 heavy (non-hydrogen) atoms. The Morgan fingerprint density at radius 1 is 0.968 bits per heavy atom. The van der Waals surface area contributed by atoms with E-state index in [0.717, 1.165) is 11.3 Å². The Kier molecular flexibility index (Phi) is 5.90. The summed E-state index contributed by atoms with van der Waals surface area (Å²) in [5.74, 6) is 0.768. The number of carbonyl (C=O) groups excluding carboxylic acids is 1. The van der Waals surface area contributed by atoms with Gasteiger partial charge in [0.1, 0.15) is 0 Å². The van der Waals surface area contributed by atoms with Crippen molar-refractivity contribution in [2.75, 3.05) is 5.75 Å². The number of thioether (sulfide) groups is 1. The molecule has 4 aromatic rings. The van der Waals surface area contributed by atoms with E-state index in [-0.39, 0.29) is 17.2 Å². The molecule has 0 aliphatic carbocycles. The SMILES string of the molecule is Cc1ccc(C(=O)CSc2nnc(-c3ccc([N+](=O)[O-])cc3)n2-c2ccccc2)cc1. The standard InChI is InChI=1S/C23H18N4O3S/c1-16-7-9-17(10-8-16)21(28)15-31-23-25-24-22(26(23)19-5-3-2-4-6-19)18-11-13-20(14-12-18)27(29)30/h2-14H,15H2,1H3. The van der Waals surface area contributed by atoms with Crippen LogP contribution in [0.1, 0.15) is 15.9 Å². The van der Waals surface area contributed by atoms with E-state index >= 15 is 0 Å². The van der Waals surface area contributed by atoms with Crippen LogP contribution >= 0.6 is 11.8 Å². The fourth-order valence-corrected chi connectivity index (χ4v) is 3.89. The normalized spacial score (nSPS) is 10.7. The van der Waals surface area contributed by atoms with Crippen molar-refractivity contribution in [1.82, 2.24) is 14.8 Å². The third kappa shape index (κ3) is 4.54. The largest absolute Gasteiger partial charge is 0.293 e. The highest BCUT2D eigenvalue weighted by Crippen LogP contribution is 2.29. The molecule has 0 N–H and O–H groups in total. The van der Waals surface area contributed by atoms with Gasteiger partial charge in [0, 0.05) is 28.9 Å². The Bertz CT molecular complexity index is 1220. The average molecular weight is 430 g/mol. The molecule has 0 fully saturated rings. The number of nitro benzene ring substituents is 1. The molecule has 0 aliphatic rings. The van der Waals surface area contributed by atoms with Gasteiger partial charge in [-0.15, -0.1) is 10.2 Å². The number of nitrogens with zero attached hydrogens (tertiary/aromatic N) is 4. The quantitative estimate of drug-likeness (QED) is 0.175. The number of Topliss-reactive ketones (excluding diaryl/α,β-unsaturated/α-hetero) is 1. The summed E-state index contributed by atoms with van der Waals surface area (Å²) in [6, 6.07) is 23.2. The first-order chi connectivity index (χ1) is 15.0. The summed E-state index contributed by atoms with van der Waals surface area (Å²) in [5, 5.41) is 20.1. The Morgan fingerprint density at radius 2 is 1.65 bits per heavy atom. The highest BCUT2D eigenvalue weighted by molar-refractivity contribution is 7.99. The van der Waals surface area contributed by atoms with Crippen LogP contribution in [0.25, 0.3) is 17.1 Å². The second-order valence-electron chi connectivity index (χ2n) is 6.86. The van der Waals surface area contributed by atoms with Crippen molar-refractivity contribution < 1.29 is 9.72 Å². The highest BCUT2D eigenvalue weighted by Gasteiger charge is 2.18. The second-order valence-corrected chi connectivity index (χ2v) is 7.80. The summed E-state index contributed by atoms with van der Waals surface area (Å²) in [4.78, 5) is 23.1. The van der Waals surface area contributed by atoms with Gasteiger partial charge in [-0.05, 0) is 31.2 Å². The molecule has 7 nitrogen and oxygen atoms in total. The molecule has 0 saturated carbocycles. The average Bonchev–Trinajstić information content (AvgIpc) is 3.22. The molecule has 1 aromatic heterocycles. The monoisotopic (exact) mass is 430 g/mol. The summed E-state index contributed by atoms with van der Waals surface area (Å²) in [6.07, 6.45) is 0. The predicted octanol–water partition coefficient (Wildman–Crippen LogP) is 5.13. The molecule has 0 amide bonds. The molecule has 8 heteroatoms. The van der Waals surface area contributed by atoms with Gasteiger partial charge in [-0.3, -0.25) is 19.5 Å². The Morgan fingerprint density at radius 3 is 2.29 bits per heavy atom. The third-order valence-electron chi connectivity index (χ3n) is 4.69. The maximum atomic E-state index is 12.6. The lowest BCUT2D eigenvalue weighted by Crippen LogP contribution is -2.05. The number of carbonyl (C=O) groups is 1. The Labute approximate surface area is 182 Å². The maximum absolute atomic E-state index is 12.6. The first-order valence-electron chi connectivity index (χ1n) is 9.51. The van der Waals surface area contributed by atoms with Crippen LogP contribution < -0.4 is 0 Å². The van der Waals surface area contributed by atoms with Crippen LogP contribution in [0.2, 0.25) is 0 Å². The van der Waals surface area contributed by atoms with Crippen molar-refractivity contribution in [2.45, 2.75) is 12.1 Å². The first kappa shape index (κ1) is 20.5. The van der Waals surface area contributed by atoms with Crippen LogP contribution in [-0.2, 0) is 0 Å². The summed E-state index contributed by atoms with van der Waals surface area (Å²) in [6.45, 7) is 1.98. The molecule has 0 saturated heterocycles.